The number of halogens is 1. The Hall–Kier alpha value is -3.63. The molecule has 10 heteroatoms. The van der Waals surface area contributed by atoms with Crippen molar-refractivity contribution in [2.24, 2.45) is 0 Å². The maximum absolute atomic E-state index is 13.7. The number of thiophene rings is 1. The van der Waals surface area contributed by atoms with Crippen molar-refractivity contribution in [1.29, 1.82) is 0 Å². The summed E-state index contributed by atoms with van der Waals surface area (Å²) in [6, 6.07) is 14.9. The molecule has 0 aliphatic carbocycles. The van der Waals surface area contributed by atoms with E-state index in [1.165, 1.54) is 23.1 Å². The molecule has 0 spiro atoms. The molecule has 1 N–H and O–H groups in total. The molecule has 3 amide bonds. The predicted octanol–water partition coefficient (Wildman–Crippen LogP) is 5.35. The van der Waals surface area contributed by atoms with Gasteiger partial charge in [0.15, 0.2) is 11.5 Å². The van der Waals surface area contributed by atoms with Crippen LogP contribution in [0.2, 0.25) is 0 Å². The van der Waals surface area contributed by atoms with Crippen LogP contribution in [0.15, 0.2) is 54.6 Å². The number of carbonyl (C=O) groups is 2. The molecule has 0 aliphatic heterocycles. The normalized spacial score (nSPS) is 10.7. The highest BCUT2D eigenvalue weighted by Gasteiger charge is 2.22. The number of carbonyl (C=O) groups excluding carboxylic acids is 2. The van der Waals surface area contributed by atoms with Gasteiger partial charge in [0, 0.05) is 42.2 Å². The van der Waals surface area contributed by atoms with Crippen molar-refractivity contribution >= 4 is 29.0 Å². The van der Waals surface area contributed by atoms with E-state index >= 15 is 0 Å². The second kappa shape index (κ2) is 15.1. The van der Waals surface area contributed by atoms with Crippen molar-refractivity contribution in [2.45, 2.75) is 26.3 Å². The highest BCUT2D eigenvalue weighted by atomic mass is 32.1. The van der Waals surface area contributed by atoms with Crippen LogP contribution in [0.3, 0.4) is 0 Å². The molecule has 3 rings (SSSR count). The number of benzene rings is 2. The summed E-state index contributed by atoms with van der Waals surface area (Å²) in [6.45, 7) is 3.53. The Morgan fingerprint density at radius 1 is 0.949 bits per heavy atom. The molecule has 0 aliphatic rings. The lowest BCUT2D eigenvalue weighted by atomic mass is 10.1. The minimum absolute atomic E-state index is 0.124. The maximum atomic E-state index is 13.7. The van der Waals surface area contributed by atoms with Gasteiger partial charge in [-0.2, -0.15) is 0 Å². The van der Waals surface area contributed by atoms with E-state index in [1.54, 1.807) is 43.6 Å². The van der Waals surface area contributed by atoms with E-state index in [2.05, 4.69) is 5.32 Å². The zero-order valence-corrected chi connectivity index (χ0v) is 23.7. The molecule has 0 fully saturated rings. The van der Waals surface area contributed by atoms with Crippen molar-refractivity contribution in [1.82, 2.24) is 9.80 Å². The zero-order valence-electron chi connectivity index (χ0n) is 22.9. The molecule has 0 bridgehead atoms. The summed E-state index contributed by atoms with van der Waals surface area (Å²) in [5.74, 6) is 0.620. The molecule has 0 saturated heterocycles. The van der Waals surface area contributed by atoms with E-state index < -0.39 is 11.8 Å². The van der Waals surface area contributed by atoms with E-state index in [-0.39, 0.29) is 12.5 Å². The second-order valence-corrected chi connectivity index (χ2v) is 10.3. The average Bonchev–Trinajstić information content (AvgIpc) is 3.34. The largest absolute Gasteiger partial charge is 0.493 e. The number of ether oxygens (including phenoxy) is 3. The third-order valence-corrected chi connectivity index (χ3v) is 7.06. The van der Waals surface area contributed by atoms with Crippen LogP contribution in [0.1, 0.15) is 21.7 Å². The van der Waals surface area contributed by atoms with E-state index in [9.17, 15) is 14.0 Å². The van der Waals surface area contributed by atoms with Crippen LogP contribution in [0.5, 0.6) is 11.5 Å². The summed E-state index contributed by atoms with van der Waals surface area (Å²) >= 11 is 1.64. The van der Waals surface area contributed by atoms with Gasteiger partial charge in [0.2, 0.25) is 5.91 Å². The van der Waals surface area contributed by atoms with Crippen molar-refractivity contribution in [3.05, 3.63) is 75.7 Å². The summed E-state index contributed by atoms with van der Waals surface area (Å²) in [6.07, 6.45) is 1.14. The molecular formula is C29H36FN3O5S. The van der Waals surface area contributed by atoms with Crippen LogP contribution in [0.25, 0.3) is 0 Å². The molecule has 1 aromatic heterocycles. The molecule has 2 aromatic carbocycles. The second-order valence-electron chi connectivity index (χ2n) is 8.98. The van der Waals surface area contributed by atoms with Crippen LogP contribution >= 0.6 is 11.3 Å². The number of anilines is 1. The van der Waals surface area contributed by atoms with Crippen molar-refractivity contribution in [3.63, 3.8) is 0 Å². The number of aryl methyl sites for hydroxylation is 1. The minimum Gasteiger partial charge on any atom is -0.493 e. The smallest absolute Gasteiger partial charge is 0.322 e. The van der Waals surface area contributed by atoms with Crippen LogP contribution in [-0.4, -0.2) is 69.3 Å². The third-order valence-electron chi connectivity index (χ3n) is 6.08. The van der Waals surface area contributed by atoms with Gasteiger partial charge < -0.3 is 29.3 Å². The highest BCUT2D eigenvalue weighted by molar-refractivity contribution is 7.11. The number of urea groups is 1. The topological polar surface area (TPSA) is 80.3 Å². The SMILES string of the molecule is COCCCN(CC(=O)N(CCc1ccc(OC)c(OC)c1)Cc1ccc(C)s1)C(=O)Nc1cccc(F)c1. The van der Waals surface area contributed by atoms with E-state index in [4.69, 9.17) is 14.2 Å². The third kappa shape index (κ3) is 9.26. The van der Waals surface area contributed by atoms with Crippen molar-refractivity contribution < 1.29 is 28.2 Å². The first kappa shape index (κ1) is 29.9. The quantitative estimate of drug-likeness (QED) is 0.270. The maximum Gasteiger partial charge on any atom is 0.322 e. The summed E-state index contributed by atoms with van der Waals surface area (Å²) in [7, 11) is 4.76. The Labute approximate surface area is 233 Å². The predicted molar refractivity (Wildman–Crippen MR) is 151 cm³/mol. The van der Waals surface area contributed by atoms with E-state index in [0.29, 0.717) is 56.3 Å². The summed E-state index contributed by atoms with van der Waals surface area (Å²) < 4.78 is 29.5. The van der Waals surface area contributed by atoms with E-state index in [0.717, 1.165) is 15.3 Å². The Balaban J connectivity index is 1.76. The molecule has 210 valence electrons. The van der Waals surface area contributed by atoms with Crippen LogP contribution < -0.4 is 14.8 Å². The van der Waals surface area contributed by atoms with Gasteiger partial charge in [-0.15, -0.1) is 11.3 Å². The first-order chi connectivity index (χ1) is 18.8. The van der Waals surface area contributed by atoms with Gasteiger partial charge in [0.25, 0.3) is 0 Å². The molecule has 0 radical (unpaired) electrons. The molecule has 0 atom stereocenters. The van der Waals surface area contributed by atoms with Gasteiger partial charge in [0.05, 0.1) is 20.8 Å². The lowest BCUT2D eigenvalue weighted by Crippen LogP contribution is -2.45. The van der Waals surface area contributed by atoms with Gasteiger partial charge >= 0.3 is 6.03 Å². The summed E-state index contributed by atoms with van der Waals surface area (Å²) in [5.41, 5.74) is 1.32. The Kier molecular flexibility index (Phi) is 11.6. The zero-order chi connectivity index (χ0) is 28.2. The molecular weight excluding hydrogens is 521 g/mol. The van der Waals surface area contributed by atoms with Gasteiger partial charge in [-0.1, -0.05) is 12.1 Å². The Morgan fingerprint density at radius 2 is 1.74 bits per heavy atom. The number of nitrogens with zero attached hydrogens (tertiary/aromatic N) is 2. The van der Waals surface area contributed by atoms with Gasteiger partial charge in [-0.25, -0.2) is 9.18 Å². The molecule has 1 heterocycles. The highest BCUT2D eigenvalue weighted by Crippen LogP contribution is 2.28. The standard InChI is InChI=1S/C29H36FN3O5S/c1-21-9-11-25(39-21)19-32(15-13-22-10-12-26(37-3)27(17-22)38-4)28(34)20-33(14-6-16-36-2)29(35)31-24-8-5-7-23(30)18-24/h5,7-12,17-18H,6,13-16,19-20H2,1-4H3,(H,31,35). The van der Waals surface area contributed by atoms with Crippen LogP contribution in [0, 0.1) is 12.7 Å². The lowest BCUT2D eigenvalue weighted by Gasteiger charge is -2.28. The number of rotatable bonds is 14. The number of methoxy groups -OCH3 is 3. The Morgan fingerprint density at radius 3 is 2.41 bits per heavy atom. The Bertz CT molecular complexity index is 1240. The van der Waals surface area contributed by atoms with Crippen molar-refractivity contribution in [2.75, 3.05) is 52.9 Å². The monoisotopic (exact) mass is 557 g/mol. The fourth-order valence-electron chi connectivity index (χ4n) is 4.03. The van der Waals surface area contributed by atoms with Gasteiger partial charge in [0.1, 0.15) is 12.4 Å². The minimum atomic E-state index is -0.475. The van der Waals surface area contributed by atoms with E-state index in [1.807, 2.05) is 37.3 Å². The van der Waals surface area contributed by atoms with Gasteiger partial charge in [-0.05, 0) is 67.8 Å². The molecule has 39 heavy (non-hydrogen) atoms. The molecule has 0 unspecified atom stereocenters. The number of hydrogen-bond donors (Lipinski definition) is 1. The van der Waals surface area contributed by atoms with Crippen LogP contribution in [0.4, 0.5) is 14.9 Å². The van der Waals surface area contributed by atoms with Crippen LogP contribution in [-0.2, 0) is 22.5 Å². The lowest BCUT2D eigenvalue weighted by molar-refractivity contribution is -0.132. The number of amides is 3. The first-order valence-electron chi connectivity index (χ1n) is 12.7. The summed E-state index contributed by atoms with van der Waals surface area (Å²) in [5, 5.41) is 2.70. The summed E-state index contributed by atoms with van der Waals surface area (Å²) in [4.78, 5) is 32.2. The van der Waals surface area contributed by atoms with Gasteiger partial charge in [-0.3, -0.25) is 4.79 Å². The molecule has 8 nitrogen and oxygen atoms in total. The average molecular weight is 558 g/mol. The number of nitrogens with one attached hydrogen (secondary N) is 1. The van der Waals surface area contributed by atoms with Crippen molar-refractivity contribution in [3.8, 4) is 11.5 Å². The number of hydrogen-bond acceptors (Lipinski definition) is 6. The molecule has 3 aromatic rings. The first-order valence-corrected chi connectivity index (χ1v) is 13.5. The molecule has 0 saturated carbocycles. The fourth-order valence-corrected chi connectivity index (χ4v) is 4.94. The fraction of sp³-hybridized carbons (Fsp3) is 0.379.